The van der Waals surface area contributed by atoms with Gasteiger partial charge in [-0.15, -0.1) is 11.8 Å². The van der Waals surface area contributed by atoms with Gasteiger partial charge in [-0.1, -0.05) is 32.0 Å². The van der Waals surface area contributed by atoms with Crippen LogP contribution in [0.4, 0.5) is 0 Å². The number of aromatic nitrogens is 2. The van der Waals surface area contributed by atoms with E-state index in [1.54, 1.807) is 0 Å². The molecule has 1 aromatic heterocycles. The minimum atomic E-state index is -0.0126. The number of fused-ring (bicyclic) bond motifs is 1. The smallest absolute Gasteiger partial charge is 0.230 e. The number of hydrogen-bond acceptors (Lipinski definition) is 4. The summed E-state index contributed by atoms with van der Waals surface area (Å²) in [6, 6.07) is 11.8. The van der Waals surface area contributed by atoms with Gasteiger partial charge in [-0.2, -0.15) is 5.10 Å². The topological polar surface area (TPSA) is 67.2 Å². The van der Waals surface area contributed by atoms with Crippen molar-refractivity contribution in [3.8, 4) is 0 Å². The molecule has 138 valence electrons. The Hall–Kier alpha value is -2.28. The molecule has 0 spiro atoms. The molecule has 1 aliphatic rings. The van der Waals surface area contributed by atoms with Gasteiger partial charge in [0.05, 0.1) is 36.8 Å². The van der Waals surface area contributed by atoms with Crippen LogP contribution in [0.2, 0.25) is 0 Å². The normalized spacial score (nSPS) is 13.6. The maximum atomic E-state index is 12.2. The van der Waals surface area contributed by atoms with Gasteiger partial charge in [-0.05, 0) is 18.2 Å². The zero-order valence-electron chi connectivity index (χ0n) is 15.1. The fraction of sp³-hybridized carbons (Fsp3) is 0.421. The number of thioether (sulfide) groups is 1. The molecule has 0 radical (unpaired) electrons. The van der Waals surface area contributed by atoms with Gasteiger partial charge in [0.1, 0.15) is 0 Å². The molecule has 0 aliphatic carbocycles. The molecule has 0 saturated heterocycles. The summed E-state index contributed by atoms with van der Waals surface area (Å²) in [5, 5.41) is 7.45. The van der Waals surface area contributed by atoms with Crippen molar-refractivity contribution in [2.24, 2.45) is 5.92 Å². The van der Waals surface area contributed by atoms with Crippen LogP contribution in [-0.4, -0.2) is 38.8 Å². The highest BCUT2D eigenvalue weighted by atomic mass is 32.2. The second kappa shape index (κ2) is 8.40. The van der Waals surface area contributed by atoms with Crippen molar-refractivity contribution in [3.05, 3.63) is 47.8 Å². The molecule has 2 amide bonds. The van der Waals surface area contributed by atoms with Crippen molar-refractivity contribution in [2.45, 2.75) is 38.4 Å². The Bertz CT molecular complexity index is 773. The summed E-state index contributed by atoms with van der Waals surface area (Å²) in [5.74, 6) is 0.547. The average Bonchev–Trinajstić information content (AvgIpc) is 3.07. The largest absolute Gasteiger partial charge is 0.350 e. The summed E-state index contributed by atoms with van der Waals surface area (Å²) < 4.78 is 1.93. The fourth-order valence-electron chi connectivity index (χ4n) is 2.87. The third-order valence-corrected chi connectivity index (χ3v) is 5.25. The summed E-state index contributed by atoms with van der Waals surface area (Å²) in [7, 11) is 0. The molecule has 0 bridgehead atoms. The lowest BCUT2D eigenvalue weighted by Crippen LogP contribution is -2.40. The highest BCUT2D eigenvalue weighted by molar-refractivity contribution is 8.00. The molecule has 0 atom stereocenters. The lowest BCUT2D eigenvalue weighted by Gasteiger charge is -2.29. The summed E-state index contributed by atoms with van der Waals surface area (Å²) in [5.41, 5.74) is 1.85. The van der Waals surface area contributed by atoms with Crippen LogP contribution in [0.5, 0.6) is 0 Å². The number of benzene rings is 1. The lowest BCUT2D eigenvalue weighted by atomic mass is 10.1. The summed E-state index contributed by atoms with van der Waals surface area (Å²) in [6.07, 6.45) is 0. The summed E-state index contributed by atoms with van der Waals surface area (Å²) in [6.45, 7) is 6.22. The SMILES string of the molecule is CC(C)C(=O)N1CCn2nc(CNC(=O)CSc3ccccc3)cc2C1. The monoisotopic (exact) mass is 372 g/mol. The lowest BCUT2D eigenvalue weighted by molar-refractivity contribution is -0.136. The Labute approximate surface area is 157 Å². The number of carbonyl (C=O) groups is 2. The van der Waals surface area contributed by atoms with E-state index < -0.39 is 0 Å². The molecule has 0 unspecified atom stereocenters. The van der Waals surface area contributed by atoms with Crippen molar-refractivity contribution >= 4 is 23.6 Å². The molecular weight excluding hydrogens is 348 g/mol. The first-order valence-electron chi connectivity index (χ1n) is 8.82. The number of carbonyl (C=O) groups excluding carboxylic acids is 2. The van der Waals surface area contributed by atoms with E-state index in [4.69, 9.17) is 0 Å². The zero-order chi connectivity index (χ0) is 18.5. The predicted octanol–water partition coefficient (Wildman–Crippen LogP) is 2.29. The number of rotatable bonds is 6. The highest BCUT2D eigenvalue weighted by Crippen LogP contribution is 2.17. The number of hydrogen-bond donors (Lipinski definition) is 1. The molecule has 26 heavy (non-hydrogen) atoms. The van der Waals surface area contributed by atoms with Crippen LogP contribution in [0, 0.1) is 5.92 Å². The van der Waals surface area contributed by atoms with E-state index in [2.05, 4.69) is 10.4 Å². The molecule has 2 aromatic rings. The fourth-order valence-corrected chi connectivity index (χ4v) is 3.62. The van der Waals surface area contributed by atoms with Crippen LogP contribution in [0.15, 0.2) is 41.3 Å². The van der Waals surface area contributed by atoms with Gasteiger partial charge in [-0.3, -0.25) is 14.3 Å². The minimum absolute atomic E-state index is 0.00495. The van der Waals surface area contributed by atoms with Crippen molar-refractivity contribution in [1.29, 1.82) is 0 Å². The van der Waals surface area contributed by atoms with Crippen LogP contribution < -0.4 is 5.32 Å². The van der Waals surface area contributed by atoms with Crippen LogP contribution in [-0.2, 0) is 29.2 Å². The van der Waals surface area contributed by atoms with E-state index in [1.165, 1.54) is 11.8 Å². The summed E-state index contributed by atoms with van der Waals surface area (Å²) >= 11 is 1.52. The van der Waals surface area contributed by atoms with Crippen LogP contribution in [0.25, 0.3) is 0 Å². The van der Waals surface area contributed by atoms with E-state index >= 15 is 0 Å². The number of nitrogens with one attached hydrogen (secondary N) is 1. The van der Waals surface area contributed by atoms with Crippen LogP contribution in [0.1, 0.15) is 25.2 Å². The molecule has 1 aliphatic heterocycles. The molecule has 2 heterocycles. The molecule has 1 N–H and O–H groups in total. The maximum Gasteiger partial charge on any atom is 0.230 e. The molecule has 0 saturated carbocycles. The maximum absolute atomic E-state index is 12.2. The van der Waals surface area contributed by atoms with Crippen LogP contribution >= 0.6 is 11.8 Å². The van der Waals surface area contributed by atoms with Gasteiger partial charge in [0.2, 0.25) is 11.8 Å². The molecule has 6 nitrogen and oxygen atoms in total. The quantitative estimate of drug-likeness (QED) is 0.790. The first-order chi connectivity index (χ1) is 12.5. The van der Waals surface area contributed by atoms with E-state index in [9.17, 15) is 9.59 Å². The molecular formula is C19H24N4O2S. The second-order valence-corrected chi connectivity index (χ2v) is 7.69. The third kappa shape index (κ3) is 4.66. The van der Waals surface area contributed by atoms with Gasteiger partial charge < -0.3 is 10.2 Å². The van der Waals surface area contributed by atoms with Gasteiger partial charge >= 0.3 is 0 Å². The third-order valence-electron chi connectivity index (χ3n) is 4.23. The van der Waals surface area contributed by atoms with E-state index in [0.29, 0.717) is 31.9 Å². The Morgan fingerprint density at radius 1 is 1.23 bits per heavy atom. The Balaban J connectivity index is 1.49. The molecule has 7 heteroatoms. The van der Waals surface area contributed by atoms with Gasteiger partial charge in [0, 0.05) is 17.4 Å². The first kappa shape index (κ1) is 18.5. The Kier molecular flexibility index (Phi) is 5.98. The predicted molar refractivity (Wildman–Crippen MR) is 101 cm³/mol. The van der Waals surface area contributed by atoms with Crippen molar-refractivity contribution < 1.29 is 9.59 Å². The van der Waals surface area contributed by atoms with Crippen molar-refractivity contribution in [2.75, 3.05) is 12.3 Å². The van der Waals surface area contributed by atoms with E-state index in [0.717, 1.165) is 16.3 Å². The van der Waals surface area contributed by atoms with Crippen molar-refractivity contribution in [3.63, 3.8) is 0 Å². The average molecular weight is 372 g/mol. The first-order valence-corrected chi connectivity index (χ1v) is 9.80. The highest BCUT2D eigenvalue weighted by Gasteiger charge is 2.23. The van der Waals surface area contributed by atoms with Gasteiger partial charge in [0.25, 0.3) is 0 Å². The Morgan fingerprint density at radius 3 is 2.73 bits per heavy atom. The minimum Gasteiger partial charge on any atom is -0.350 e. The molecule has 1 aromatic carbocycles. The second-order valence-electron chi connectivity index (χ2n) is 6.64. The number of amides is 2. The summed E-state index contributed by atoms with van der Waals surface area (Å²) in [4.78, 5) is 27.1. The number of nitrogens with zero attached hydrogens (tertiary/aromatic N) is 3. The van der Waals surface area contributed by atoms with Crippen LogP contribution in [0.3, 0.4) is 0 Å². The molecule has 0 fully saturated rings. The standard InChI is InChI=1S/C19H24N4O2S/c1-14(2)19(25)22-8-9-23-16(12-22)10-15(21-23)11-20-18(24)13-26-17-6-4-3-5-7-17/h3-7,10,14H,8-9,11-13H2,1-2H3,(H,20,24). The molecule has 3 rings (SSSR count). The Morgan fingerprint density at radius 2 is 2.00 bits per heavy atom. The zero-order valence-corrected chi connectivity index (χ0v) is 16.0. The van der Waals surface area contributed by atoms with E-state index in [1.807, 2.05) is 59.8 Å². The van der Waals surface area contributed by atoms with Gasteiger partial charge in [-0.25, -0.2) is 0 Å². The van der Waals surface area contributed by atoms with Crippen molar-refractivity contribution in [1.82, 2.24) is 20.0 Å². The van der Waals surface area contributed by atoms with Gasteiger partial charge in [0.15, 0.2) is 0 Å². The van der Waals surface area contributed by atoms with E-state index in [-0.39, 0.29) is 17.7 Å².